The zero-order chi connectivity index (χ0) is 20.4. The van der Waals surface area contributed by atoms with Gasteiger partial charge in [0, 0.05) is 6.61 Å². The minimum atomic E-state index is -4.07. The molecule has 0 aliphatic heterocycles. The standard InChI is InChI=1S/C18H25ClN2O5S/c1-11-5-4-6-13(11)20-17(24)21-14-8-7-12(19)16(15(14)23)27(25,26)18(2,3)9-10-22/h5,7-8,13,22-23H,4,6,9-10H2,1-3H3,(H2,20,21,24)/t13-/m0/s1. The molecule has 0 aromatic heterocycles. The van der Waals surface area contributed by atoms with Crippen molar-refractivity contribution in [3.8, 4) is 5.75 Å². The monoisotopic (exact) mass is 416 g/mol. The van der Waals surface area contributed by atoms with Crippen molar-refractivity contribution in [1.82, 2.24) is 5.32 Å². The molecule has 0 spiro atoms. The summed E-state index contributed by atoms with van der Waals surface area (Å²) < 4.78 is 24.6. The highest BCUT2D eigenvalue weighted by molar-refractivity contribution is 7.93. The Morgan fingerprint density at radius 1 is 1.37 bits per heavy atom. The maximum atomic E-state index is 13.0. The van der Waals surface area contributed by atoms with Crippen molar-refractivity contribution in [3.05, 3.63) is 28.8 Å². The third kappa shape index (κ3) is 4.39. The minimum Gasteiger partial charge on any atom is -0.504 e. The van der Waals surface area contributed by atoms with Crippen molar-refractivity contribution >= 4 is 33.2 Å². The first-order chi connectivity index (χ1) is 12.5. The van der Waals surface area contributed by atoms with Crippen LogP contribution in [0.3, 0.4) is 0 Å². The lowest BCUT2D eigenvalue weighted by Gasteiger charge is -2.25. The SMILES string of the molecule is CC1=CCC[C@@H]1NC(=O)Nc1ccc(Cl)c(S(=O)(=O)C(C)(C)CCO)c1O. The Morgan fingerprint density at radius 3 is 2.59 bits per heavy atom. The topological polar surface area (TPSA) is 116 Å². The van der Waals surface area contributed by atoms with Gasteiger partial charge in [-0.15, -0.1) is 0 Å². The maximum Gasteiger partial charge on any atom is 0.319 e. The van der Waals surface area contributed by atoms with Crippen molar-refractivity contribution in [2.75, 3.05) is 11.9 Å². The third-order valence-corrected chi connectivity index (χ3v) is 7.86. The minimum absolute atomic E-state index is 0.0312. The zero-order valence-electron chi connectivity index (χ0n) is 15.5. The number of nitrogens with one attached hydrogen (secondary N) is 2. The molecule has 0 saturated heterocycles. The Hall–Kier alpha value is -1.77. The predicted octanol–water partition coefficient (Wildman–Crippen LogP) is 3.21. The van der Waals surface area contributed by atoms with Crippen LogP contribution in [0.2, 0.25) is 5.02 Å². The summed E-state index contributed by atoms with van der Waals surface area (Å²) in [6, 6.07) is 2.00. The van der Waals surface area contributed by atoms with Gasteiger partial charge in [0.2, 0.25) is 0 Å². The van der Waals surface area contributed by atoms with Crippen LogP contribution in [0.25, 0.3) is 0 Å². The molecule has 7 nitrogen and oxygen atoms in total. The summed E-state index contributed by atoms with van der Waals surface area (Å²) in [4.78, 5) is 11.8. The fourth-order valence-electron chi connectivity index (χ4n) is 2.93. The van der Waals surface area contributed by atoms with E-state index >= 15 is 0 Å². The molecule has 150 valence electrons. The molecule has 1 aliphatic rings. The number of aliphatic hydroxyl groups is 1. The van der Waals surface area contributed by atoms with E-state index in [1.54, 1.807) is 0 Å². The van der Waals surface area contributed by atoms with E-state index in [9.17, 15) is 18.3 Å². The second-order valence-electron chi connectivity index (χ2n) is 7.19. The predicted molar refractivity (Wildman–Crippen MR) is 105 cm³/mol. The Morgan fingerprint density at radius 2 is 2.04 bits per heavy atom. The number of hydrogen-bond donors (Lipinski definition) is 4. The first kappa shape index (κ1) is 21.5. The van der Waals surface area contributed by atoms with Gasteiger partial charge in [-0.3, -0.25) is 0 Å². The Kier molecular flexibility index (Phi) is 6.44. The van der Waals surface area contributed by atoms with Crippen LogP contribution in [0, 0.1) is 0 Å². The van der Waals surface area contributed by atoms with E-state index in [1.807, 2.05) is 13.0 Å². The van der Waals surface area contributed by atoms with Gasteiger partial charge in [0.1, 0.15) is 4.90 Å². The van der Waals surface area contributed by atoms with E-state index in [4.69, 9.17) is 16.7 Å². The highest BCUT2D eigenvalue weighted by Gasteiger charge is 2.39. The molecule has 0 radical (unpaired) electrons. The summed E-state index contributed by atoms with van der Waals surface area (Å²) in [6.45, 7) is 4.47. The second-order valence-corrected chi connectivity index (χ2v) is 10.1. The van der Waals surface area contributed by atoms with E-state index in [0.29, 0.717) is 0 Å². The summed E-state index contributed by atoms with van der Waals surface area (Å²) in [5.74, 6) is -0.623. The molecule has 0 saturated carbocycles. The Balaban J connectivity index is 2.32. The number of aromatic hydroxyl groups is 1. The highest BCUT2D eigenvalue weighted by Crippen LogP contribution is 2.42. The fourth-order valence-corrected chi connectivity index (χ4v) is 4.99. The zero-order valence-corrected chi connectivity index (χ0v) is 17.1. The number of carbonyl (C=O) groups excluding carboxylic acids is 1. The molecule has 1 atom stereocenters. The molecule has 0 unspecified atom stereocenters. The lowest BCUT2D eigenvalue weighted by molar-refractivity contribution is 0.249. The van der Waals surface area contributed by atoms with Gasteiger partial charge in [-0.1, -0.05) is 23.3 Å². The number of aliphatic hydroxyl groups excluding tert-OH is 1. The largest absolute Gasteiger partial charge is 0.504 e. The third-order valence-electron chi connectivity index (χ3n) is 4.82. The molecule has 4 N–H and O–H groups in total. The van der Waals surface area contributed by atoms with Gasteiger partial charge in [0.05, 0.1) is 21.5 Å². The van der Waals surface area contributed by atoms with Crippen molar-refractivity contribution in [3.63, 3.8) is 0 Å². The van der Waals surface area contributed by atoms with Crippen LogP contribution in [0.4, 0.5) is 10.5 Å². The molecule has 1 aliphatic carbocycles. The number of halogens is 1. The molecule has 0 fully saturated rings. The number of benzene rings is 1. The number of urea groups is 1. The molecule has 0 heterocycles. The van der Waals surface area contributed by atoms with Crippen LogP contribution in [-0.4, -0.2) is 42.1 Å². The molecule has 9 heteroatoms. The number of phenolic OH excluding ortho intramolecular Hbond substituents is 1. The van der Waals surface area contributed by atoms with Crippen LogP contribution >= 0.6 is 11.6 Å². The molecule has 2 rings (SSSR count). The molecule has 2 amide bonds. The number of rotatable bonds is 6. The van der Waals surface area contributed by atoms with Gasteiger partial charge in [-0.25, -0.2) is 13.2 Å². The maximum absolute atomic E-state index is 13.0. The van der Waals surface area contributed by atoms with Crippen molar-refractivity contribution in [2.24, 2.45) is 0 Å². The van der Waals surface area contributed by atoms with Crippen LogP contribution in [0.1, 0.15) is 40.0 Å². The Bertz CT molecular complexity index is 865. The van der Waals surface area contributed by atoms with Gasteiger partial charge < -0.3 is 20.8 Å². The molecule has 1 aromatic carbocycles. The Labute approximate surface area is 164 Å². The molecule has 1 aromatic rings. The average molecular weight is 417 g/mol. The molecular weight excluding hydrogens is 392 g/mol. The number of anilines is 1. The van der Waals surface area contributed by atoms with Crippen LogP contribution in [0.5, 0.6) is 5.75 Å². The number of sulfone groups is 1. The number of hydrogen-bond acceptors (Lipinski definition) is 5. The smallest absolute Gasteiger partial charge is 0.319 e. The highest BCUT2D eigenvalue weighted by atomic mass is 35.5. The number of phenols is 1. The van der Waals surface area contributed by atoms with E-state index in [-0.39, 0.29) is 29.8 Å². The summed E-state index contributed by atoms with van der Waals surface area (Å²) in [5.41, 5.74) is 0.995. The van der Waals surface area contributed by atoms with Crippen molar-refractivity contribution in [2.45, 2.75) is 55.7 Å². The van der Waals surface area contributed by atoms with E-state index in [1.165, 1.54) is 26.0 Å². The van der Waals surface area contributed by atoms with Gasteiger partial charge >= 0.3 is 6.03 Å². The lowest BCUT2D eigenvalue weighted by Crippen LogP contribution is -2.37. The van der Waals surface area contributed by atoms with Gasteiger partial charge in [-0.2, -0.15) is 0 Å². The lowest BCUT2D eigenvalue weighted by atomic mass is 10.1. The van der Waals surface area contributed by atoms with Crippen LogP contribution < -0.4 is 10.6 Å². The number of carbonyl (C=O) groups is 1. The number of allylic oxidation sites excluding steroid dienone is 1. The molecule has 0 bridgehead atoms. The van der Waals surface area contributed by atoms with Crippen LogP contribution in [-0.2, 0) is 9.84 Å². The quantitative estimate of drug-likeness (QED) is 0.419. The van der Waals surface area contributed by atoms with E-state index in [2.05, 4.69) is 10.6 Å². The first-order valence-corrected chi connectivity index (χ1v) is 10.5. The molecular formula is C18H25ClN2O5S. The van der Waals surface area contributed by atoms with Crippen LogP contribution in [0.15, 0.2) is 28.7 Å². The normalized spacial score (nSPS) is 17.5. The van der Waals surface area contributed by atoms with Crippen molar-refractivity contribution < 1.29 is 23.4 Å². The first-order valence-electron chi connectivity index (χ1n) is 8.62. The fraction of sp³-hybridized carbons (Fsp3) is 0.500. The van der Waals surface area contributed by atoms with Gasteiger partial charge in [-0.05, 0) is 52.2 Å². The summed E-state index contributed by atoms with van der Waals surface area (Å²) in [6.07, 6.45) is 3.68. The van der Waals surface area contributed by atoms with Gasteiger partial charge in [0.25, 0.3) is 0 Å². The second kappa shape index (κ2) is 8.08. The summed E-state index contributed by atoms with van der Waals surface area (Å²) in [7, 11) is -4.07. The van der Waals surface area contributed by atoms with Gasteiger partial charge in [0.15, 0.2) is 15.6 Å². The average Bonchev–Trinajstić information content (AvgIpc) is 2.95. The van der Waals surface area contributed by atoms with E-state index < -0.39 is 31.3 Å². The summed E-state index contributed by atoms with van der Waals surface area (Å²) in [5, 5.41) is 24.8. The number of amides is 2. The van der Waals surface area contributed by atoms with Crippen molar-refractivity contribution in [1.29, 1.82) is 0 Å². The summed E-state index contributed by atoms with van der Waals surface area (Å²) >= 11 is 6.05. The molecule has 27 heavy (non-hydrogen) atoms. The van der Waals surface area contributed by atoms with E-state index in [0.717, 1.165) is 18.4 Å².